The number of aryl methyl sites for hydroxylation is 1. The first-order chi connectivity index (χ1) is 15.3. The maximum Gasteiger partial charge on any atom is 0.307 e. The Bertz CT molecular complexity index is 1140. The van der Waals surface area contributed by atoms with Gasteiger partial charge in [0.15, 0.2) is 0 Å². The predicted molar refractivity (Wildman–Crippen MR) is 125 cm³/mol. The molecule has 1 N–H and O–H groups in total. The number of allylic oxidation sites excluding steroid dienone is 1. The maximum atomic E-state index is 11.1. The standard InChI is InChI=1S/C27H29NO4/c1-18-23(28-26(32-18)19-8-5-4-6-9-19)15-17-31-24-11-7-10-20-21(24)14-16-27(2,3)22(20)12-13-25(29)30/h4-12H,13-17H2,1-3H3,(H,29,30)/b22-12+. The van der Waals surface area contributed by atoms with E-state index in [0.29, 0.717) is 18.9 Å². The number of carboxylic acids is 1. The highest BCUT2D eigenvalue weighted by Crippen LogP contribution is 2.46. The van der Waals surface area contributed by atoms with Crippen LogP contribution in [-0.2, 0) is 17.6 Å². The van der Waals surface area contributed by atoms with Crippen molar-refractivity contribution in [3.8, 4) is 17.2 Å². The molecule has 0 fully saturated rings. The number of carboxylic acid groups (broad SMARTS) is 1. The normalized spacial score (nSPS) is 16.0. The molecule has 0 unspecified atom stereocenters. The Kier molecular flexibility index (Phi) is 6.17. The molecule has 166 valence electrons. The molecule has 0 aliphatic heterocycles. The zero-order valence-electron chi connectivity index (χ0n) is 18.9. The monoisotopic (exact) mass is 431 g/mol. The molecule has 0 amide bonds. The van der Waals surface area contributed by atoms with Crippen LogP contribution in [0.2, 0.25) is 0 Å². The second kappa shape index (κ2) is 9.03. The van der Waals surface area contributed by atoms with Crippen LogP contribution < -0.4 is 4.74 Å². The average Bonchev–Trinajstić information content (AvgIpc) is 3.14. The summed E-state index contributed by atoms with van der Waals surface area (Å²) in [6, 6.07) is 15.9. The first-order valence-electron chi connectivity index (χ1n) is 11.0. The molecule has 4 rings (SSSR count). The lowest BCUT2D eigenvalue weighted by Gasteiger charge is -2.35. The third-order valence-corrected chi connectivity index (χ3v) is 6.14. The molecule has 1 heterocycles. The van der Waals surface area contributed by atoms with E-state index in [1.165, 1.54) is 0 Å². The number of carbonyl (C=O) groups is 1. The minimum Gasteiger partial charge on any atom is -0.493 e. The summed E-state index contributed by atoms with van der Waals surface area (Å²) >= 11 is 0. The molecule has 32 heavy (non-hydrogen) atoms. The fourth-order valence-electron chi connectivity index (χ4n) is 4.35. The lowest BCUT2D eigenvalue weighted by Crippen LogP contribution is -2.22. The Morgan fingerprint density at radius 1 is 1.19 bits per heavy atom. The molecule has 0 atom stereocenters. The minimum absolute atomic E-state index is 0.0263. The van der Waals surface area contributed by atoms with Gasteiger partial charge in [0, 0.05) is 17.5 Å². The number of aliphatic carboxylic acids is 1. The number of nitrogens with zero attached hydrogens (tertiary/aromatic N) is 1. The second-order valence-electron chi connectivity index (χ2n) is 8.87. The number of fused-ring (bicyclic) bond motifs is 1. The van der Waals surface area contributed by atoms with Crippen LogP contribution in [0, 0.1) is 12.3 Å². The Morgan fingerprint density at radius 3 is 2.72 bits per heavy atom. The van der Waals surface area contributed by atoms with Crippen molar-refractivity contribution in [1.82, 2.24) is 4.98 Å². The van der Waals surface area contributed by atoms with Crippen LogP contribution >= 0.6 is 0 Å². The van der Waals surface area contributed by atoms with Crippen molar-refractivity contribution in [1.29, 1.82) is 0 Å². The number of aromatic nitrogens is 1. The van der Waals surface area contributed by atoms with Crippen molar-refractivity contribution in [3.05, 3.63) is 77.2 Å². The van der Waals surface area contributed by atoms with E-state index >= 15 is 0 Å². The molecule has 0 spiro atoms. The van der Waals surface area contributed by atoms with E-state index in [1.54, 1.807) is 0 Å². The Labute approximate surface area is 188 Å². The van der Waals surface area contributed by atoms with Crippen molar-refractivity contribution in [2.75, 3.05) is 6.61 Å². The summed E-state index contributed by atoms with van der Waals surface area (Å²) in [6.07, 6.45) is 4.39. The number of oxazole rings is 1. The van der Waals surface area contributed by atoms with Crippen molar-refractivity contribution in [2.24, 2.45) is 5.41 Å². The first kappa shape index (κ1) is 21.9. The number of hydrogen-bond donors (Lipinski definition) is 1. The van der Waals surface area contributed by atoms with Gasteiger partial charge in [-0.15, -0.1) is 0 Å². The van der Waals surface area contributed by atoms with Gasteiger partial charge in [-0.2, -0.15) is 0 Å². The zero-order chi connectivity index (χ0) is 22.7. The molecule has 0 saturated heterocycles. The zero-order valence-corrected chi connectivity index (χ0v) is 18.9. The smallest absolute Gasteiger partial charge is 0.307 e. The van der Waals surface area contributed by atoms with Crippen molar-refractivity contribution < 1.29 is 19.1 Å². The van der Waals surface area contributed by atoms with Gasteiger partial charge in [0.2, 0.25) is 5.89 Å². The van der Waals surface area contributed by atoms with E-state index in [9.17, 15) is 4.79 Å². The van der Waals surface area contributed by atoms with Gasteiger partial charge in [0.25, 0.3) is 0 Å². The molecule has 2 aromatic carbocycles. The summed E-state index contributed by atoms with van der Waals surface area (Å²) in [4.78, 5) is 15.8. The van der Waals surface area contributed by atoms with E-state index in [4.69, 9.17) is 14.3 Å². The van der Waals surface area contributed by atoms with Gasteiger partial charge in [-0.1, -0.05) is 50.3 Å². The highest BCUT2D eigenvalue weighted by molar-refractivity contribution is 5.79. The molecule has 0 saturated carbocycles. The largest absolute Gasteiger partial charge is 0.493 e. The maximum absolute atomic E-state index is 11.1. The number of ether oxygens (including phenoxy) is 1. The van der Waals surface area contributed by atoms with E-state index < -0.39 is 5.97 Å². The number of benzene rings is 2. The van der Waals surface area contributed by atoms with Gasteiger partial charge in [0.1, 0.15) is 11.5 Å². The number of rotatable bonds is 7. The summed E-state index contributed by atoms with van der Waals surface area (Å²) in [5, 5.41) is 9.16. The van der Waals surface area contributed by atoms with Gasteiger partial charge >= 0.3 is 5.97 Å². The van der Waals surface area contributed by atoms with E-state index in [0.717, 1.165) is 52.3 Å². The predicted octanol–water partition coefficient (Wildman–Crippen LogP) is 6.10. The van der Waals surface area contributed by atoms with Gasteiger partial charge < -0.3 is 14.3 Å². The Hall–Kier alpha value is -3.34. The molecule has 1 aliphatic rings. The average molecular weight is 432 g/mol. The van der Waals surface area contributed by atoms with Gasteiger partial charge in [-0.3, -0.25) is 4.79 Å². The quantitative estimate of drug-likeness (QED) is 0.489. The van der Waals surface area contributed by atoms with Crippen LogP contribution in [0.25, 0.3) is 17.0 Å². The molecular formula is C27H29NO4. The fourth-order valence-corrected chi connectivity index (χ4v) is 4.35. The fraction of sp³-hybridized carbons (Fsp3) is 0.333. The third kappa shape index (κ3) is 4.62. The van der Waals surface area contributed by atoms with Crippen molar-refractivity contribution in [2.45, 2.75) is 46.5 Å². The Morgan fingerprint density at radius 2 is 1.97 bits per heavy atom. The van der Waals surface area contributed by atoms with E-state index in [1.807, 2.05) is 55.5 Å². The minimum atomic E-state index is -0.814. The van der Waals surface area contributed by atoms with Crippen LogP contribution in [0.4, 0.5) is 0 Å². The van der Waals surface area contributed by atoms with Crippen LogP contribution in [0.3, 0.4) is 0 Å². The molecule has 1 aliphatic carbocycles. The summed E-state index contributed by atoms with van der Waals surface area (Å²) < 4.78 is 12.1. The van der Waals surface area contributed by atoms with E-state index in [2.05, 4.69) is 24.9 Å². The second-order valence-corrected chi connectivity index (χ2v) is 8.87. The molecule has 5 heteroatoms. The van der Waals surface area contributed by atoms with Gasteiger partial charge in [0.05, 0.1) is 18.7 Å². The molecule has 3 aromatic rings. The highest BCUT2D eigenvalue weighted by Gasteiger charge is 2.32. The van der Waals surface area contributed by atoms with Crippen molar-refractivity contribution in [3.63, 3.8) is 0 Å². The summed E-state index contributed by atoms with van der Waals surface area (Å²) in [5.41, 5.74) is 5.15. The molecule has 0 radical (unpaired) electrons. The summed E-state index contributed by atoms with van der Waals surface area (Å²) in [6.45, 7) is 6.78. The Balaban J connectivity index is 1.50. The van der Waals surface area contributed by atoms with Crippen LogP contribution in [0.5, 0.6) is 5.75 Å². The first-order valence-corrected chi connectivity index (χ1v) is 11.0. The third-order valence-electron chi connectivity index (χ3n) is 6.14. The highest BCUT2D eigenvalue weighted by atomic mass is 16.5. The molecule has 1 aromatic heterocycles. The van der Waals surface area contributed by atoms with Crippen LogP contribution in [-0.4, -0.2) is 22.7 Å². The van der Waals surface area contributed by atoms with Crippen molar-refractivity contribution >= 4 is 11.5 Å². The van der Waals surface area contributed by atoms with Crippen LogP contribution in [0.1, 0.15) is 49.3 Å². The molecule has 5 nitrogen and oxygen atoms in total. The lowest BCUT2D eigenvalue weighted by atomic mass is 9.70. The molecule has 0 bridgehead atoms. The number of hydrogen-bond acceptors (Lipinski definition) is 4. The summed E-state index contributed by atoms with van der Waals surface area (Å²) in [5.74, 6) is 1.49. The van der Waals surface area contributed by atoms with Gasteiger partial charge in [-0.25, -0.2) is 4.98 Å². The van der Waals surface area contributed by atoms with E-state index in [-0.39, 0.29) is 11.8 Å². The van der Waals surface area contributed by atoms with Crippen LogP contribution in [0.15, 0.2) is 59.0 Å². The topological polar surface area (TPSA) is 72.6 Å². The lowest BCUT2D eigenvalue weighted by molar-refractivity contribution is -0.136. The molecular weight excluding hydrogens is 402 g/mol. The SMILES string of the molecule is Cc1oc(-c2ccccc2)nc1CCOc1cccc2c1CCC(C)(C)/C2=C/CC(=O)O. The van der Waals surface area contributed by atoms with Gasteiger partial charge in [-0.05, 0) is 54.5 Å². The summed E-state index contributed by atoms with van der Waals surface area (Å²) in [7, 11) is 0.